The molecule has 3 atom stereocenters. The molecule has 16 heavy (non-hydrogen) atoms. The van der Waals surface area contributed by atoms with Crippen LogP contribution in [0.3, 0.4) is 0 Å². The zero-order valence-electron chi connectivity index (χ0n) is 10.3. The van der Waals surface area contributed by atoms with Gasteiger partial charge in [-0.3, -0.25) is 0 Å². The normalized spacial score (nSPS) is 43.4. The Morgan fingerprint density at radius 2 is 1.62 bits per heavy atom. The van der Waals surface area contributed by atoms with Crippen molar-refractivity contribution in [3.05, 3.63) is 0 Å². The van der Waals surface area contributed by atoms with E-state index in [1.807, 2.05) is 0 Å². The molecule has 3 nitrogen and oxygen atoms in total. The molecule has 2 aliphatic rings. The molecule has 0 bridgehead atoms. The fraction of sp³-hybridized carbons (Fsp3) is 1.00. The summed E-state index contributed by atoms with van der Waals surface area (Å²) in [5.41, 5.74) is 0. The molecule has 0 aromatic rings. The van der Waals surface area contributed by atoms with Crippen molar-refractivity contribution in [1.29, 1.82) is 0 Å². The van der Waals surface area contributed by atoms with E-state index in [0.29, 0.717) is 17.5 Å². The van der Waals surface area contributed by atoms with Crippen LogP contribution in [0.15, 0.2) is 0 Å². The van der Waals surface area contributed by atoms with Crippen molar-refractivity contribution >= 4 is 9.84 Å². The van der Waals surface area contributed by atoms with Gasteiger partial charge in [-0.25, -0.2) is 8.42 Å². The summed E-state index contributed by atoms with van der Waals surface area (Å²) in [6, 6.07) is 0.754. The third kappa shape index (κ3) is 3.20. The molecule has 0 aromatic heterocycles. The van der Waals surface area contributed by atoms with Gasteiger partial charge in [-0.1, -0.05) is 13.8 Å². The minimum Gasteiger partial charge on any atom is -0.310 e. The van der Waals surface area contributed by atoms with Crippen LogP contribution < -0.4 is 5.32 Å². The average molecular weight is 245 g/mol. The molecular weight excluding hydrogens is 222 g/mol. The van der Waals surface area contributed by atoms with E-state index in [9.17, 15) is 8.42 Å². The van der Waals surface area contributed by atoms with Crippen molar-refractivity contribution in [1.82, 2.24) is 5.32 Å². The lowest BCUT2D eigenvalue weighted by Gasteiger charge is -2.33. The molecule has 1 aliphatic heterocycles. The Morgan fingerprint density at radius 3 is 2.12 bits per heavy atom. The quantitative estimate of drug-likeness (QED) is 0.803. The molecule has 0 aromatic carbocycles. The van der Waals surface area contributed by atoms with Gasteiger partial charge in [-0.05, 0) is 37.5 Å². The van der Waals surface area contributed by atoms with Crippen molar-refractivity contribution in [2.75, 3.05) is 11.5 Å². The van der Waals surface area contributed by atoms with E-state index in [4.69, 9.17) is 0 Å². The largest absolute Gasteiger partial charge is 0.310 e. The summed E-state index contributed by atoms with van der Waals surface area (Å²) >= 11 is 0. The van der Waals surface area contributed by atoms with E-state index in [-0.39, 0.29) is 6.04 Å². The third-order valence-corrected chi connectivity index (χ3v) is 5.65. The van der Waals surface area contributed by atoms with Crippen LogP contribution >= 0.6 is 0 Å². The van der Waals surface area contributed by atoms with Crippen LogP contribution in [0.1, 0.15) is 39.5 Å². The van der Waals surface area contributed by atoms with Gasteiger partial charge in [-0.15, -0.1) is 0 Å². The van der Waals surface area contributed by atoms with Gasteiger partial charge in [0.1, 0.15) is 0 Å². The Morgan fingerprint density at radius 1 is 1.00 bits per heavy atom. The molecular formula is C12H23NO2S. The van der Waals surface area contributed by atoms with Gasteiger partial charge >= 0.3 is 0 Å². The highest BCUT2D eigenvalue weighted by Crippen LogP contribution is 2.29. The first-order chi connectivity index (χ1) is 7.44. The highest BCUT2D eigenvalue weighted by Gasteiger charge is 2.31. The van der Waals surface area contributed by atoms with Crippen molar-refractivity contribution in [3.8, 4) is 0 Å². The first-order valence-corrected chi connectivity index (χ1v) is 8.23. The maximum atomic E-state index is 11.4. The van der Waals surface area contributed by atoms with Crippen molar-refractivity contribution in [3.63, 3.8) is 0 Å². The molecule has 2 rings (SSSR count). The first-order valence-electron chi connectivity index (χ1n) is 6.41. The zero-order valence-corrected chi connectivity index (χ0v) is 11.1. The monoisotopic (exact) mass is 245 g/mol. The molecule has 2 fully saturated rings. The van der Waals surface area contributed by atoms with Gasteiger partial charge in [0.2, 0.25) is 0 Å². The fourth-order valence-corrected chi connectivity index (χ4v) is 5.03. The molecule has 1 aliphatic carbocycles. The van der Waals surface area contributed by atoms with Gasteiger partial charge in [0, 0.05) is 12.1 Å². The van der Waals surface area contributed by atoms with Crippen LogP contribution in [0.4, 0.5) is 0 Å². The average Bonchev–Trinajstić information content (AvgIpc) is 2.43. The molecule has 3 unspecified atom stereocenters. The Labute approximate surface area is 98.9 Å². The Kier molecular flexibility index (Phi) is 3.59. The summed E-state index contributed by atoms with van der Waals surface area (Å²) in [7, 11) is -2.74. The smallest absolute Gasteiger partial charge is 0.151 e. The highest BCUT2D eigenvalue weighted by atomic mass is 32.2. The number of nitrogens with one attached hydrogen (secondary N) is 1. The number of sulfone groups is 1. The lowest BCUT2D eigenvalue weighted by molar-refractivity contribution is 0.229. The van der Waals surface area contributed by atoms with Crippen molar-refractivity contribution < 1.29 is 8.42 Å². The van der Waals surface area contributed by atoms with Gasteiger partial charge < -0.3 is 5.32 Å². The Balaban J connectivity index is 1.86. The molecule has 0 radical (unpaired) electrons. The molecule has 0 spiro atoms. The highest BCUT2D eigenvalue weighted by molar-refractivity contribution is 7.91. The van der Waals surface area contributed by atoms with Gasteiger partial charge in [0.25, 0.3) is 0 Å². The van der Waals surface area contributed by atoms with Crippen LogP contribution in [0.5, 0.6) is 0 Å². The van der Waals surface area contributed by atoms with E-state index in [0.717, 1.165) is 18.3 Å². The second-order valence-corrected chi connectivity index (χ2v) is 8.11. The predicted molar refractivity (Wildman–Crippen MR) is 66.2 cm³/mol. The zero-order chi connectivity index (χ0) is 11.8. The van der Waals surface area contributed by atoms with Gasteiger partial charge in [0.15, 0.2) is 9.84 Å². The summed E-state index contributed by atoms with van der Waals surface area (Å²) in [6.45, 7) is 4.60. The van der Waals surface area contributed by atoms with Gasteiger partial charge in [0.05, 0.1) is 11.5 Å². The fourth-order valence-electron chi connectivity index (χ4n) is 3.34. The van der Waals surface area contributed by atoms with Crippen LogP contribution in [0, 0.1) is 11.8 Å². The molecule has 1 saturated carbocycles. The molecule has 0 amide bonds. The molecule has 94 valence electrons. The third-order valence-electron chi connectivity index (χ3n) is 3.88. The second-order valence-electron chi connectivity index (χ2n) is 5.88. The topological polar surface area (TPSA) is 46.2 Å². The maximum absolute atomic E-state index is 11.4. The Hall–Kier alpha value is -0.0900. The summed E-state index contributed by atoms with van der Waals surface area (Å²) < 4.78 is 22.7. The van der Waals surface area contributed by atoms with E-state index < -0.39 is 9.84 Å². The second kappa shape index (κ2) is 4.65. The lowest BCUT2D eigenvalue weighted by Crippen LogP contribution is -2.43. The van der Waals surface area contributed by atoms with Crippen LogP contribution in [0.25, 0.3) is 0 Å². The molecule has 4 heteroatoms. The molecule has 1 heterocycles. The van der Waals surface area contributed by atoms with Crippen LogP contribution in [-0.4, -0.2) is 32.0 Å². The summed E-state index contributed by atoms with van der Waals surface area (Å²) in [5.74, 6) is 2.29. The van der Waals surface area contributed by atoms with Crippen LogP contribution in [-0.2, 0) is 9.84 Å². The van der Waals surface area contributed by atoms with E-state index in [1.54, 1.807) is 0 Å². The number of hydrogen-bond donors (Lipinski definition) is 1. The standard InChI is InChI=1S/C12H23NO2S/c1-9-5-10(2)7-12(6-9)13-11-3-4-16(14,15)8-11/h9-13H,3-8H2,1-2H3. The SMILES string of the molecule is CC1CC(C)CC(NC2CCS(=O)(=O)C2)C1. The first kappa shape index (κ1) is 12.4. The predicted octanol–water partition coefficient (Wildman–Crippen LogP) is 1.59. The minimum atomic E-state index is -2.74. The van der Waals surface area contributed by atoms with Crippen molar-refractivity contribution in [2.24, 2.45) is 11.8 Å². The summed E-state index contributed by atoms with van der Waals surface area (Å²) in [5, 5.41) is 3.56. The van der Waals surface area contributed by atoms with E-state index in [2.05, 4.69) is 19.2 Å². The lowest BCUT2D eigenvalue weighted by atomic mass is 9.80. The maximum Gasteiger partial charge on any atom is 0.151 e. The van der Waals surface area contributed by atoms with E-state index >= 15 is 0 Å². The van der Waals surface area contributed by atoms with Crippen molar-refractivity contribution in [2.45, 2.75) is 51.6 Å². The van der Waals surface area contributed by atoms with Gasteiger partial charge in [-0.2, -0.15) is 0 Å². The van der Waals surface area contributed by atoms with Crippen LogP contribution in [0.2, 0.25) is 0 Å². The minimum absolute atomic E-state index is 0.215. The molecule has 1 N–H and O–H groups in total. The Bertz CT molecular complexity index is 329. The molecule has 1 saturated heterocycles. The number of hydrogen-bond acceptors (Lipinski definition) is 3. The summed E-state index contributed by atoms with van der Waals surface area (Å²) in [6.07, 6.45) is 4.55. The number of rotatable bonds is 2. The summed E-state index contributed by atoms with van der Waals surface area (Å²) in [4.78, 5) is 0. The van der Waals surface area contributed by atoms with E-state index in [1.165, 1.54) is 19.3 Å².